The van der Waals surface area contributed by atoms with Crippen molar-refractivity contribution in [3.8, 4) is 0 Å². The minimum absolute atomic E-state index is 0.0195. The highest BCUT2D eigenvalue weighted by atomic mass is 32.2. The lowest BCUT2D eigenvalue weighted by molar-refractivity contribution is -0.140. The van der Waals surface area contributed by atoms with E-state index < -0.39 is 26.4 Å². The number of likely N-dealkylation sites (tertiary alicyclic amines) is 1. The lowest BCUT2D eigenvalue weighted by atomic mass is 9.81. The molecule has 1 saturated carbocycles. The van der Waals surface area contributed by atoms with Crippen LogP contribution in [0.15, 0.2) is 29.2 Å². The van der Waals surface area contributed by atoms with E-state index in [0.29, 0.717) is 12.8 Å². The van der Waals surface area contributed by atoms with Gasteiger partial charge >= 0.3 is 5.76 Å². The molecular formula is C18H20F2N2O5S. The van der Waals surface area contributed by atoms with Gasteiger partial charge in [-0.15, -0.1) is 0 Å². The Morgan fingerprint density at radius 2 is 1.61 bits per heavy atom. The lowest BCUT2D eigenvalue weighted by Crippen LogP contribution is -2.34. The number of hydrogen-bond donors (Lipinski definition) is 1. The second-order valence-electron chi connectivity index (χ2n) is 6.95. The summed E-state index contributed by atoms with van der Waals surface area (Å²) in [7, 11) is -4.69. The zero-order valence-corrected chi connectivity index (χ0v) is 15.8. The summed E-state index contributed by atoms with van der Waals surface area (Å²) in [4.78, 5) is 37.4. The van der Waals surface area contributed by atoms with Gasteiger partial charge in [0.1, 0.15) is 0 Å². The first kappa shape index (κ1) is 20.4. The van der Waals surface area contributed by atoms with Gasteiger partial charge in [-0.1, -0.05) is 12.8 Å². The molecule has 10 heteroatoms. The molecule has 1 aromatic rings. The van der Waals surface area contributed by atoms with E-state index in [-0.39, 0.29) is 42.3 Å². The Morgan fingerprint density at radius 1 is 1.07 bits per heavy atom. The van der Waals surface area contributed by atoms with Crippen LogP contribution in [0.2, 0.25) is 0 Å². The third-order valence-electron chi connectivity index (χ3n) is 5.20. The third-order valence-corrected chi connectivity index (χ3v) is 6.59. The van der Waals surface area contributed by atoms with Crippen LogP contribution >= 0.6 is 0 Å². The van der Waals surface area contributed by atoms with Crippen LogP contribution in [-0.2, 0) is 24.2 Å². The number of sulfone groups is 1. The zero-order valence-electron chi connectivity index (χ0n) is 14.9. The van der Waals surface area contributed by atoms with Gasteiger partial charge < -0.3 is 5.32 Å². The molecule has 1 aliphatic carbocycles. The van der Waals surface area contributed by atoms with Crippen LogP contribution in [0.1, 0.15) is 32.1 Å². The first-order chi connectivity index (χ1) is 13.2. The van der Waals surface area contributed by atoms with Crippen LogP contribution in [0.4, 0.5) is 14.5 Å². The summed E-state index contributed by atoms with van der Waals surface area (Å²) in [5.41, 5.74) is 0.228. The van der Waals surface area contributed by atoms with Gasteiger partial charge in [-0.3, -0.25) is 19.3 Å². The first-order valence-corrected chi connectivity index (χ1v) is 10.5. The SMILES string of the molecule is O=C(CCN1C(=O)[C@H]2CCCC[C@@H]2C1=O)Nc1ccc(S(=O)(=O)C(F)F)cc1. The molecule has 152 valence electrons. The van der Waals surface area contributed by atoms with E-state index in [1.165, 1.54) is 12.1 Å². The van der Waals surface area contributed by atoms with Crippen molar-refractivity contribution in [2.75, 3.05) is 11.9 Å². The van der Waals surface area contributed by atoms with Crippen molar-refractivity contribution in [2.24, 2.45) is 11.8 Å². The molecule has 0 aromatic heterocycles. The molecule has 0 bridgehead atoms. The average Bonchev–Trinajstić information content (AvgIpc) is 2.91. The highest BCUT2D eigenvalue weighted by Crippen LogP contribution is 2.38. The molecular weight excluding hydrogens is 394 g/mol. The van der Waals surface area contributed by atoms with E-state index in [4.69, 9.17) is 0 Å². The third kappa shape index (κ3) is 3.91. The summed E-state index contributed by atoms with van der Waals surface area (Å²) in [6.45, 7) is -0.0195. The van der Waals surface area contributed by atoms with E-state index in [2.05, 4.69) is 5.32 Å². The maximum absolute atomic E-state index is 12.5. The number of rotatable bonds is 6. The average molecular weight is 414 g/mol. The number of alkyl halides is 2. The topological polar surface area (TPSA) is 101 Å². The zero-order chi connectivity index (χ0) is 20.5. The molecule has 2 atom stereocenters. The summed E-state index contributed by atoms with van der Waals surface area (Å²) in [6.07, 6.45) is 3.14. The highest BCUT2D eigenvalue weighted by Gasteiger charge is 2.47. The van der Waals surface area contributed by atoms with Gasteiger partial charge in [0.15, 0.2) is 0 Å². The van der Waals surface area contributed by atoms with Crippen molar-refractivity contribution in [2.45, 2.75) is 42.8 Å². The van der Waals surface area contributed by atoms with Crippen LogP contribution in [0.25, 0.3) is 0 Å². The van der Waals surface area contributed by atoms with Crippen LogP contribution in [0.3, 0.4) is 0 Å². The molecule has 1 saturated heterocycles. The van der Waals surface area contributed by atoms with Gasteiger partial charge in [-0.05, 0) is 37.1 Å². The second-order valence-corrected chi connectivity index (χ2v) is 8.87. The number of carbonyl (C=O) groups is 3. The molecule has 0 radical (unpaired) electrons. The number of benzene rings is 1. The minimum atomic E-state index is -4.69. The van der Waals surface area contributed by atoms with Crippen molar-refractivity contribution >= 4 is 33.2 Å². The minimum Gasteiger partial charge on any atom is -0.326 e. The normalized spacial score (nSPS) is 22.5. The van der Waals surface area contributed by atoms with Gasteiger partial charge in [0.25, 0.3) is 0 Å². The number of nitrogens with one attached hydrogen (secondary N) is 1. The summed E-state index contributed by atoms with van der Waals surface area (Å²) in [6, 6.07) is 4.37. The number of carbonyl (C=O) groups excluding carboxylic acids is 3. The van der Waals surface area contributed by atoms with E-state index in [1.54, 1.807) is 0 Å². The fourth-order valence-electron chi connectivity index (χ4n) is 3.72. The molecule has 2 fully saturated rings. The first-order valence-electron chi connectivity index (χ1n) is 8.99. The van der Waals surface area contributed by atoms with Crippen molar-refractivity contribution in [3.63, 3.8) is 0 Å². The summed E-state index contributed by atoms with van der Waals surface area (Å²) in [5.74, 6) is -4.97. The number of anilines is 1. The predicted octanol–water partition coefficient (Wildman–Crippen LogP) is 2.19. The number of imide groups is 1. The molecule has 2 aliphatic rings. The van der Waals surface area contributed by atoms with Gasteiger partial charge in [0.2, 0.25) is 27.6 Å². The van der Waals surface area contributed by atoms with Gasteiger partial charge in [0, 0.05) is 18.7 Å². The number of amides is 3. The molecule has 1 aromatic carbocycles. The molecule has 28 heavy (non-hydrogen) atoms. The van der Waals surface area contributed by atoms with Gasteiger partial charge in [0.05, 0.1) is 16.7 Å². The van der Waals surface area contributed by atoms with E-state index >= 15 is 0 Å². The van der Waals surface area contributed by atoms with E-state index in [9.17, 15) is 31.6 Å². The van der Waals surface area contributed by atoms with Crippen molar-refractivity contribution in [1.29, 1.82) is 0 Å². The Balaban J connectivity index is 1.56. The lowest BCUT2D eigenvalue weighted by Gasteiger charge is -2.19. The predicted molar refractivity (Wildman–Crippen MR) is 95.0 cm³/mol. The monoisotopic (exact) mass is 414 g/mol. The molecule has 7 nitrogen and oxygen atoms in total. The van der Waals surface area contributed by atoms with Crippen molar-refractivity contribution in [3.05, 3.63) is 24.3 Å². The number of halogens is 2. The molecule has 3 rings (SSSR count). The van der Waals surface area contributed by atoms with Gasteiger partial charge in [-0.25, -0.2) is 8.42 Å². The molecule has 1 aliphatic heterocycles. The van der Waals surface area contributed by atoms with Crippen LogP contribution in [0.5, 0.6) is 0 Å². The molecule has 1 heterocycles. The molecule has 1 N–H and O–H groups in total. The Morgan fingerprint density at radius 3 is 2.11 bits per heavy atom. The largest absolute Gasteiger partial charge is 0.341 e. The van der Waals surface area contributed by atoms with Gasteiger partial charge in [-0.2, -0.15) is 8.78 Å². The van der Waals surface area contributed by atoms with Crippen LogP contribution in [0, 0.1) is 11.8 Å². The number of nitrogens with zero attached hydrogens (tertiary/aromatic N) is 1. The fraction of sp³-hybridized carbons (Fsp3) is 0.500. The Hall–Kier alpha value is -2.36. The molecule has 0 unspecified atom stereocenters. The van der Waals surface area contributed by atoms with Crippen molar-refractivity contribution < 1.29 is 31.6 Å². The summed E-state index contributed by atoms with van der Waals surface area (Å²) in [5, 5.41) is 2.50. The maximum Gasteiger partial charge on any atom is 0.341 e. The standard InChI is InChI=1S/C18H20F2N2O5S/c19-18(20)28(26,27)12-7-5-11(6-8-12)21-15(23)9-10-22-16(24)13-3-1-2-4-14(13)17(22)25/h5-8,13-14,18H,1-4,9-10H2,(H,21,23)/t13-,14-/m0/s1. The van der Waals surface area contributed by atoms with Crippen LogP contribution < -0.4 is 5.32 Å². The maximum atomic E-state index is 12.5. The smallest absolute Gasteiger partial charge is 0.326 e. The number of hydrogen-bond acceptors (Lipinski definition) is 5. The van der Waals surface area contributed by atoms with Crippen LogP contribution in [-0.4, -0.2) is 43.3 Å². The molecule has 0 spiro atoms. The van der Waals surface area contributed by atoms with E-state index in [0.717, 1.165) is 29.9 Å². The van der Waals surface area contributed by atoms with E-state index in [1.807, 2.05) is 0 Å². The molecule has 3 amide bonds. The fourth-order valence-corrected chi connectivity index (χ4v) is 4.44. The second kappa shape index (κ2) is 7.94. The summed E-state index contributed by atoms with van der Waals surface area (Å²) >= 11 is 0. The Labute approximate surface area is 161 Å². The highest BCUT2D eigenvalue weighted by molar-refractivity contribution is 7.91. The Kier molecular flexibility index (Phi) is 5.78. The summed E-state index contributed by atoms with van der Waals surface area (Å²) < 4.78 is 47.8. The Bertz CT molecular complexity index is 862. The quantitative estimate of drug-likeness (QED) is 0.719. The van der Waals surface area contributed by atoms with Crippen molar-refractivity contribution in [1.82, 2.24) is 4.90 Å². The number of fused-ring (bicyclic) bond motifs is 1.